The summed E-state index contributed by atoms with van der Waals surface area (Å²) in [6, 6.07) is 14.0. The molecule has 2 aromatic carbocycles. The van der Waals surface area contributed by atoms with Crippen LogP contribution in [0.15, 0.2) is 57.9 Å². The zero-order valence-corrected chi connectivity index (χ0v) is 19.5. The van der Waals surface area contributed by atoms with Crippen LogP contribution in [-0.4, -0.2) is 62.9 Å². The van der Waals surface area contributed by atoms with Crippen LogP contribution in [0.25, 0.3) is 0 Å². The van der Waals surface area contributed by atoms with Gasteiger partial charge in [-0.3, -0.25) is 4.79 Å². The van der Waals surface area contributed by atoms with E-state index in [1.807, 2.05) is 24.3 Å². The van der Waals surface area contributed by atoms with E-state index in [-0.39, 0.29) is 36.0 Å². The first kappa shape index (κ1) is 22.2. The molecular formula is C21H25BrN4O4S. The number of ether oxygens (including phenoxy) is 1. The maximum absolute atomic E-state index is 13.0. The molecule has 0 aliphatic carbocycles. The van der Waals surface area contributed by atoms with Gasteiger partial charge in [0.15, 0.2) is 0 Å². The van der Waals surface area contributed by atoms with Crippen LogP contribution >= 0.6 is 15.9 Å². The molecule has 0 saturated carbocycles. The Morgan fingerprint density at radius 2 is 1.77 bits per heavy atom. The maximum atomic E-state index is 13.0. The normalized spacial score (nSPS) is 22.5. The first-order valence-electron chi connectivity index (χ1n) is 10.1. The van der Waals surface area contributed by atoms with Crippen molar-refractivity contribution < 1.29 is 17.9 Å². The summed E-state index contributed by atoms with van der Waals surface area (Å²) < 4.78 is 33.3. The second-order valence-corrected chi connectivity index (χ2v) is 10.4. The predicted molar refractivity (Wildman–Crippen MR) is 120 cm³/mol. The van der Waals surface area contributed by atoms with Gasteiger partial charge >= 0.3 is 0 Å². The number of carbonyl (C=O) groups excluding carboxylic acids is 1. The number of nitrogens with zero attached hydrogens (tertiary/aromatic N) is 2. The first-order valence-corrected chi connectivity index (χ1v) is 12.3. The molecule has 0 bridgehead atoms. The van der Waals surface area contributed by atoms with Crippen molar-refractivity contribution >= 4 is 31.9 Å². The van der Waals surface area contributed by atoms with Gasteiger partial charge in [-0.05, 0) is 48.4 Å². The van der Waals surface area contributed by atoms with Gasteiger partial charge in [-0.1, -0.05) is 28.1 Å². The van der Waals surface area contributed by atoms with Crippen LogP contribution in [0.5, 0.6) is 5.75 Å². The van der Waals surface area contributed by atoms with Gasteiger partial charge in [0.2, 0.25) is 15.9 Å². The van der Waals surface area contributed by atoms with Crippen molar-refractivity contribution in [3.63, 3.8) is 0 Å². The number of amides is 1. The molecule has 2 aromatic rings. The van der Waals surface area contributed by atoms with Crippen LogP contribution < -0.4 is 15.6 Å². The second kappa shape index (κ2) is 9.25. The van der Waals surface area contributed by atoms with E-state index in [1.165, 1.54) is 4.31 Å². The predicted octanol–water partition coefficient (Wildman–Crippen LogP) is 1.90. The summed E-state index contributed by atoms with van der Waals surface area (Å²) in [5.74, 6) is 0.760. The largest absolute Gasteiger partial charge is 0.497 e. The molecule has 2 heterocycles. The first-order chi connectivity index (χ1) is 14.9. The van der Waals surface area contributed by atoms with Gasteiger partial charge in [0.05, 0.1) is 12.0 Å². The number of hydrazine groups is 1. The number of hydrogen-bond acceptors (Lipinski definition) is 6. The number of piperazine rings is 1. The molecule has 166 valence electrons. The van der Waals surface area contributed by atoms with E-state index >= 15 is 0 Å². The average molecular weight is 509 g/mol. The van der Waals surface area contributed by atoms with Crippen LogP contribution in [0.2, 0.25) is 0 Å². The fourth-order valence-corrected chi connectivity index (χ4v) is 5.61. The highest BCUT2D eigenvalue weighted by molar-refractivity contribution is 9.10. The van der Waals surface area contributed by atoms with Gasteiger partial charge in [0.1, 0.15) is 11.8 Å². The number of sulfonamides is 1. The molecule has 8 nitrogen and oxygen atoms in total. The van der Waals surface area contributed by atoms with Crippen molar-refractivity contribution in [2.24, 2.45) is 0 Å². The van der Waals surface area contributed by atoms with E-state index in [2.05, 4.69) is 26.8 Å². The number of methoxy groups -OCH3 is 1. The van der Waals surface area contributed by atoms with Crippen LogP contribution in [0.3, 0.4) is 0 Å². The van der Waals surface area contributed by atoms with E-state index in [4.69, 9.17) is 4.74 Å². The number of benzene rings is 2. The van der Waals surface area contributed by atoms with Crippen LogP contribution in [-0.2, 0) is 14.8 Å². The molecule has 0 aromatic heterocycles. The molecule has 2 atom stereocenters. The van der Waals surface area contributed by atoms with Crippen molar-refractivity contribution in [2.75, 3.05) is 33.3 Å². The second-order valence-electron chi connectivity index (χ2n) is 7.59. The third kappa shape index (κ3) is 4.78. The fourth-order valence-electron chi connectivity index (χ4n) is 3.92. The summed E-state index contributed by atoms with van der Waals surface area (Å²) in [5.41, 5.74) is 7.33. The maximum Gasteiger partial charge on any atom is 0.243 e. The van der Waals surface area contributed by atoms with Crippen molar-refractivity contribution in [1.29, 1.82) is 0 Å². The molecule has 2 fully saturated rings. The molecule has 2 saturated heterocycles. The van der Waals surface area contributed by atoms with E-state index in [0.29, 0.717) is 19.5 Å². The monoisotopic (exact) mass is 508 g/mol. The molecular weight excluding hydrogens is 484 g/mol. The Bertz CT molecular complexity index is 1040. The molecule has 2 N–H and O–H groups in total. The zero-order chi connectivity index (χ0) is 22.0. The number of halogens is 1. The van der Waals surface area contributed by atoms with Crippen molar-refractivity contribution in [3.8, 4) is 5.75 Å². The summed E-state index contributed by atoms with van der Waals surface area (Å²) in [6.45, 7) is 1.31. The van der Waals surface area contributed by atoms with Crippen molar-refractivity contribution in [1.82, 2.24) is 20.1 Å². The molecule has 1 amide bonds. The van der Waals surface area contributed by atoms with E-state index < -0.39 is 10.0 Å². The third-order valence-corrected chi connectivity index (χ3v) is 8.14. The highest BCUT2D eigenvalue weighted by Gasteiger charge is 2.36. The lowest BCUT2D eigenvalue weighted by molar-refractivity contribution is -0.134. The highest BCUT2D eigenvalue weighted by atomic mass is 79.9. The van der Waals surface area contributed by atoms with E-state index in [1.54, 1.807) is 36.3 Å². The molecule has 10 heteroatoms. The molecule has 0 radical (unpaired) electrons. The number of hydrogen-bond donors (Lipinski definition) is 2. The molecule has 2 aliphatic rings. The minimum atomic E-state index is -3.56. The highest BCUT2D eigenvalue weighted by Crippen LogP contribution is 2.26. The Morgan fingerprint density at radius 1 is 1.06 bits per heavy atom. The summed E-state index contributed by atoms with van der Waals surface area (Å²) >= 11 is 3.32. The summed E-state index contributed by atoms with van der Waals surface area (Å²) in [7, 11) is -1.94. The zero-order valence-electron chi connectivity index (χ0n) is 17.1. The Hall–Kier alpha value is -1.98. The quantitative estimate of drug-likeness (QED) is 0.640. The lowest BCUT2D eigenvalue weighted by atomic mass is 10.0. The van der Waals surface area contributed by atoms with Crippen LogP contribution in [0.4, 0.5) is 0 Å². The molecule has 2 aliphatic heterocycles. The summed E-state index contributed by atoms with van der Waals surface area (Å²) in [6.07, 6.45) is 0.614. The van der Waals surface area contributed by atoms with Gasteiger partial charge in [-0.25, -0.2) is 19.3 Å². The van der Waals surface area contributed by atoms with Crippen LogP contribution in [0, 0.1) is 0 Å². The Kier molecular flexibility index (Phi) is 6.63. The van der Waals surface area contributed by atoms with Gasteiger partial charge in [0, 0.05) is 36.7 Å². The van der Waals surface area contributed by atoms with Crippen molar-refractivity contribution in [3.05, 3.63) is 58.6 Å². The Morgan fingerprint density at radius 3 is 2.45 bits per heavy atom. The number of carbonyl (C=O) groups is 1. The van der Waals surface area contributed by atoms with E-state index in [9.17, 15) is 13.2 Å². The SMILES string of the molecule is COc1cccc(C2CC(C(=O)N3CCN(S(=O)(=O)c4ccc(Br)cc4)CC3)NN2)c1. The number of rotatable bonds is 5. The lowest BCUT2D eigenvalue weighted by Crippen LogP contribution is -2.54. The summed E-state index contributed by atoms with van der Waals surface area (Å²) in [4.78, 5) is 15.0. The van der Waals surface area contributed by atoms with Gasteiger partial charge < -0.3 is 9.64 Å². The lowest BCUT2D eigenvalue weighted by Gasteiger charge is -2.35. The topological polar surface area (TPSA) is 91.0 Å². The van der Waals surface area contributed by atoms with Gasteiger partial charge in [-0.15, -0.1) is 0 Å². The minimum absolute atomic E-state index is 0.00289. The smallest absolute Gasteiger partial charge is 0.243 e. The number of nitrogens with one attached hydrogen (secondary N) is 2. The fraction of sp³-hybridized carbons (Fsp3) is 0.381. The molecule has 2 unspecified atom stereocenters. The summed E-state index contributed by atoms with van der Waals surface area (Å²) in [5, 5.41) is 0. The van der Waals surface area contributed by atoms with Crippen molar-refractivity contribution in [2.45, 2.75) is 23.4 Å². The van der Waals surface area contributed by atoms with Gasteiger partial charge in [0.25, 0.3) is 0 Å². The standard InChI is InChI=1S/C21H25BrN4O4S/c1-30-17-4-2-3-15(13-17)19-14-20(24-23-19)21(27)25-9-11-26(12-10-25)31(28,29)18-7-5-16(22)6-8-18/h2-8,13,19-20,23-24H,9-12,14H2,1H3. The minimum Gasteiger partial charge on any atom is -0.497 e. The molecule has 0 spiro atoms. The Balaban J connectivity index is 1.35. The van der Waals surface area contributed by atoms with Gasteiger partial charge in [-0.2, -0.15) is 4.31 Å². The average Bonchev–Trinajstić information content (AvgIpc) is 3.29. The van der Waals surface area contributed by atoms with Crippen LogP contribution in [0.1, 0.15) is 18.0 Å². The molecule has 4 rings (SSSR count). The third-order valence-electron chi connectivity index (χ3n) is 5.70. The Labute approximate surface area is 190 Å². The molecule has 31 heavy (non-hydrogen) atoms. The van der Waals surface area contributed by atoms with E-state index in [0.717, 1.165) is 15.8 Å².